The fourth-order valence-corrected chi connectivity index (χ4v) is 3.16. The first-order valence-corrected chi connectivity index (χ1v) is 8.78. The Hall–Kier alpha value is -2.24. The Morgan fingerprint density at radius 3 is 2.16 bits per heavy atom. The molecule has 0 saturated carbocycles. The summed E-state index contributed by atoms with van der Waals surface area (Å²) in [5.74, 6) is 0.778. The van der Waals surface area contributed by atoms with Crippen molar-refractivity contribution >= 4 is 11.8 Å². The van der Waals surface area contributed by atoms with E-state index >= 15 is 0 Å². The van der Waals surface area contributed by atoms with Crippen molar-refractivity contribution in [3.05, 3.63) is 23.8 Å². The van der Waals surface area contributed by atoms with Crippen molar-refractivity contribution in [2.75, 3.05) is 27.3 Å². The maximum absolute atomic E-state index is 12.9. The van der Waals surface area contributed by atoms with E-state index in [1.165, 1.54) is 14.2 Å². The number of rotatable bonds is 7. The molecule has 0 aromatic heterocycles. The average Bonchev–Trinajstić information content (AvgIpc) is 3.13. The van der Waals surface area contributed by atoms with Crippen molar-refractivity contribution in [3.8, 4) is 11.5 Å². The minimum Gasteiger partial charge on any atom is -0.496 e. The summed E-state index contributed by atoms with van der Waals surface area (Å²) in [6, 6.07) is 4.63. The Kier molecular flexibility index (Phi) is 6.67. The predicted molar refractivity (Wildman–Crippen MR) is 96.1 cm³/mol. The van der Waals surface area contributed by atoms with Crippen molar-refractivity contribution in [2.24, 2.45) is 5.92 Å². The Morgan fingerprint density at radius 1 is 1.12 bits per heavy atom. The van der Waals surface area contributed by atoms with Gasteiger partial charge in [0.1, 0.15) is 23.1 Å². The molecule has 6 nitrogen and oxygen atoms in total. The van der Waals surface area contributed by atoms with Gasteiger partial charge in [0.05, 0.1) is 14.2 Å². The second kappa shape index (κ2) is 8.74. The SMILES string of the molecule is COc1cccc(OC)c1C(=O)N[C@@H](CC(C)C)C(=O)N1CCCC1. The van der Waals surface area contributed by atoms with Crippen LogP contribution in [0.2, 0.25) is 0 Å². The van der Waals surface area contributed by atoms with Crippen LogP contribution in [0.1, 0.15) is 43.5 Å². The van der Waals surface area contributed by atoms with E-state index in [2.05, 4.69) is 5.32 Å². The molecule has 1 aromatic rings. The lowest BCUT2D eigenvalue weighted by Crippen LogP contribution is -2.48. The summed E-state index contributed by atoms with van der Waals surface area (Å²) < 4.78 is 10.6. The van der Waals surface area contributed by atoms with Crippen LogP contribution in [0.25, 0.3) is 0 Å². The molecule has 1 fully saturated rings. The molecule has 1 heterocycles. The lowest BCUT2D eigenvalue weighted by molar-refractivity contribution is -0.132. The van der Waals surface area contributed by atoms with Crippen LogP contribution in [-0.2, 0) is 4.79 Å². The van der Waals surface area contributed by atoms with Crippen molar-refractivity contribution in [2.45, 2.75) is 39.2 Å². The molecule has 2 rings (SSSR count). The summed E-state index contributed by atoms with van der Waals surface area (Å²) in [6.07, 6.45) is 2.64. The first kappa shape index (κ1) is 19.1. The van der Waals surface area contributed by atoms with Crippen LogP contribution in [-0.4, -0.2) is 50.1 Å². The maximum atomic E-state index is 12.9. The van der Waals surface area contributed by atoms with Crippen LogP contribution in [0, 0.1) is 5.92 Å². The van der Waals surface area contributed by atoms with E-state index in [1.54, 1.807) is 18.2 Å². The number of amides is 2. The molecular weight excluding hydrogens is 320 g/mol. The van der Waals surface area contributed by atoms with Gasteiger partial charge in [-0.1, -0.05) is 19.9 Å². The van der Waals surface area contributed by atoms with Gasteiger partial charge in [-0.2, -0.15) is 0 Å². The number of benzene rings is 1. The van der Waals surface area contributed by atoms with Crippen molar-refractivity contribution in [1.82, 2.24) is 10.2 Å². The van der Waals surface area contributed by atoms with Gasteiger partial charge in [0.2, 0.25) is 5.91 Å². The Morgan fingerprint density at radius 2 is 1.68 bits per heavy atom. The third kappa shape index (κ3) is 4.65. The molecule has 1 aromatic carbocycles. The van der Waals surface area contributed by atoms with Crippen molar-refractivity contribution < 1.29 is 19.1 Å². The van der Waals surface area contributed by atoms with Crippen molar-refractivity contribution in [3.63, 3.8) is 0 Å². The molecule has 1 N–H and O–H groups in total. The van der Waals surface area contributed by atoms with E-state index in [-0.39, 0.29) is 17.7 Å². The topological polar surface area (TPSA) is 67.9 Å². The first-order chi connectivity index (χ1) is 12.0. The van der Waals surface area contributed by atoms with Gasteiger partial charge in [0.15, 0.2) is 0 Å². The zero-order valence-electron chi connectivity index (χ0n) is 15.5. The summed E-state index contributed by atoms with van der Waals surface area (Å²) in [5, 5.41) is 2.90. The molecule has 0 radical (unpaired) electrons. The van der Waals surface area contributed by atoms with E-state index in [1.807, 2.05) is 18.7 Å². The number of methoxy groups -OCH3 is 2. The average molecular weight is 348 g/mol. The van der Waals surface area contributed by atoms with Crippen LogP contribution in [0.3, 0.4) is 0 Å². The second-order valence-corrected chi connectivity index (χ2v) is 6.73. The molecule has 1 aliphatic rings. The molecule has 1 atom stereocenters. The highest BCUT2D eigenvalue weighted by Gasteiger charge is 2.30. The highest BCUT2D eigenvalue weighted by molar-refractivity contribution is 6.02. The molecule has 1 aliphatic heterocycles. The minimum absolute atomic E-state index is 0.00610. The van der Waals surface area contributed by atoms with Gasteiger partial charge in [-0.25, -0.2) is 0 Å². The number of nitrogens with zero attached hydrogens (tertiary/aromatic N) is 1. The van der Waals surface area contributed by atoms with Crippen LogP contribution in [0.4, 0.5) is 0 Å². The highest BCUT2D eigenvalue weighted by atomic mass is 16.5. The standard InChI is InChI=1S/C19H28N2O4/c1-13(2)12-14(19(23)21-10-5-6-11-21)20-18(22)17-15(24-3)8-7-9-16(17)25-4/h7-9,13-14H,5-6,10-12H2,1-4H3,(H,20,22)/t14-/m0/s1. The fraction of sp³-hybridized carbons (Fsp3) is 0.579. The van der Waals surface area contributed by atoms with Gasteiger partial charge in [-0.15, -0.1) is 0 Å². The third-order valence-corrected chi connectivity index (χ3v) is 4.38. The van der Waals surface area contributed by atoms with Gasteiger partial charge < -0.3 is 19.7 Å². The number of carbonyl (C=O) groups is 2. The van der Waals surface area contributed by atoms with Gasteiger partial charge in [-0.05, 0) is 37.3 Å². The monoisotopic (exact) mass is 348 g/mol. The minimum atomic E-state index is -0.541. The predicted octanol–water partition coefficient (Wildman–Crippen LogP) is 2.47. The van der Waals surface area contributed by atoms with E-state index in [4.69, 9.17) is 9.47 Å². The smallest absolute Gasteiger partial charge is 0.259 e. The maximum Gasteiger partial charge on any atom is 0.259 e. The van der Waals surface area contributed by atoms with E-state index in [0.717, 1.165) is 25.9 Å². The molecule has 0 aliphatic carbocycles. The molecule has 2 amide bonds. The second-order valence-electron chi connectivity index (χ2n) is 6.73. The highest BCUT2D eigenvalue weighted by Crippen LogP contribution is 2.28. The quantitative estimate of drug-likeness (QED) is 0.822. The van der Waals surface area contributed by atoms with Gasteiger partial charge in [-0.3, -0.25) is 9.59 Å². The third-order valence-electron chi connectivity index (χ3n) is 4.38. The molecule has 138 valence electrons. The summed E-state index contributed by atoms with van der Waals surface area (Å²) in [6.45, 7) is 5.61. The first-order valence-electron chi connectivity index (χ1n) is 8.78. The van der Waals surface area contributed by atoms with Gasteiger partial charge in [0.25, 0.3) is 5.91 Å². The summed E-state index contributed by atoms with van der Waals surface area (Å²) in [7, 11) is 3.01. The number of carbonyl (C=O) groups excluding carboxylic acids is 2. The number of hydrogen-bond donors (Lipinski definition) is 1. The molecule has 1 saturated heterocycles. The number of likely N-dealkylation sites (tertiary alicyclic amines) is 1. The Labute approximate surface area is 149 Å². The van der Waals surface area contributed by atoms with Gasteiger partial charge in [0, 0.05) is 13.1 Å². The van der Waals surface area contributed by atoms with Crippen LogP contribution in [0.15, 0.2) is 18.2 Å². The summed E-state index contributed by atoms with van der Waals surface area (Å²) in [5.41, 5.74) is 0.315. The fourth-order valence-electron chi connectivity index (χ4n) is 3.16. The summed E-state index contributed by atoms with van der Waals surface area (Å²) in [4.78, 5) is 27.5. The molecule has 6 heteroatoms. The van der Waals surface area contributed by atoms with Crippen LogP contribution >= 0.6 is 0 Å². The molecule has 0 bridgehead atoms. The zero-order valence-corrected chi connectivity index (χ0v) is 15.5. The normalized spacial score (nSPS) is 15.2. The number of hydrogen-bond acceptors (Lipinski definition) is 4. The lowest BCUT2D eigenvalue weighted by Gasteiger charge is -2.25. The van der Waals surface area contributed by atoms with Gasteiger partial charge >= 0.3 is 0 Å². The zero-order chi connectivity index (χ0) is 18.4. The van der Waals surface area contributed by atoms with E-state index in [0.29, 0.717) is 23.5 Å². The lowest BCUT2D eigenvalue weighted by atomic mass is 10.0. The molecular formula is C19H28N2O4. The Bertz CT molecular complexity index is 587. The summed E-state index contributed by atoms with van der Waals surface area (Å²) >= 11 is 0. The van der Waals surface area contributed by atoms with E-state index in [9.17, 15) is 9.59 Å². The van der Waals surface area contributed by atoms with E-state index < -0.39 is 6.04 Å². The number of ether oxygens (including phenoxy) is 2. The largest absolute Gasteiger partial charge is 0.496 e. The van der Waals surface area contributed by atoms with Crippen LogP contribution < -0.4 is 14.8 Å². The molecule has 25 heavy (non-hydrogen) atoms. The Balaban J connectivity index is 2.23. The van der Waals surface area contributed by atoms with Crippen molar-refractivity contribution in [1.29, 1.82) is 0 Å². The van der Waals surface area contributed by atoms with Crippen LogP contribution in [0.5, 0.6) is 11.5 Å². The molecule has 0 unspecified atom stereocenters. The number of nitrogens with one attached hydrogen (secondary N) is 1. The molecule has 0 spiro atoms.